The number of rotatable bonds is 18. The van der Waals surface area contributed by atoms with Crippen molar-refractivity contribution in [3.63, 3.8) is 0 Å². The van der Waals surface area contributed by atoms with Crippen LogP contribution in [0.4, 0.5) is 39.8 Å². The van der Waals surface area contributed by atoms with Crippen LogP contribution >= 0.6 is 163 Å². The highest BCUT2D eigenvalue weighted by atomic mass is 35.5. The first-order chi connectivity index (χ1) is 56.5. The fraction of sp³-hybridized carbons (Fsp3) is 0.0814. The number of oxazole rings is 1. The van der Waals surface area contributed by atoms with Crippen molar-refractivity contribution in [1.29, 1.82) is 5.26 Å². The van der Waals surface area contributed by atoms with Gasteiger partial charge in [-0.1, -0.05) is 140 Å². The van der Waals surface area contributed by atoms with Crippen LogP contribution in [-0.4, -0.2) is 83.3 Å². The fourth-order valence-corrected chi connectivity index (χ4v) is 17.5. The summed E-state index contributed by atoms with van der Waals surface area (Å²) in [5.74, 6) is 10.8. The van der Waals surface area contributed by atoms with Crippen molar-refractivity contribution in [1.82, 2.24) is 15.0 Å². The molecule has 117 heavy (non-hydrogen) atoms. The van der Waals surface area contributed by atoms with Gasteiger partial charge in [0.25, 0.3) is 5.22 Å². The summed E-state index contributed by atoms with van der Waals surface area (Å²) < 4.78 is 9.28. The minimum Gasteiger partial charge on any atom is -0.431 e. The summed E-state index contributed by atoms with van der Waals surface area (Å²) in [6.07, 6.45) is 22.6. The van der Waals surface area contributed by atoms with Gasteiger partial charge in [0.2, 0.25) is 29.5 Å². The first-order valence-corrected chi connectivity index (χ1v) is 43.4. The molecule has 2 aliphatic heterocycles. The molecule has 31 heteroatoms. The number of thioether (sulfide) groups is 5. The molecule has 5 heterocycles. The number of hydrogen-bond donors (Lipinski definition) is 5. The quantitative estimate of drug-likeness (QED) is 0.0396. The van der Waals surface area contributed by atoms with Gasteiger partial charge in [-0.2, -0.15) is 5.26 Å². The van der Waals surface area contributed by atoms with E-state index in [0.717, 1.165) is 96.2 Å². The highest BCUT2D eigenvalue weighted by molar-refractivity contribution is 8.14. The summed E-state index contributed by atoms with van der Waals surface area (Å²) in [5, 5.41) is 29.2. The van der Waals surface area contributed by atoms with E-state index in [0.29, 0.717) is 97.6 Å². The van der Waals surface area contributed by atoms with Gasteiger partial charge in [-0.25, -0.2) is 24.9 Å². The van der Waals surface area contributed by atoms with Gasteiger partial charge in [0.15, 0.2) is 14.3 Å². The van der Waals surface area contributed by atoms with Crippen molar-refractivity contribution in [2.24, 2.45) is 9.98 Å². The summed E-state index contributed by atoms with van der Waals surface area (Å²) in [6.45, 7) is 0. The lowest BCUT2D eigenvalue weighted by Crippen LogP contribution is -2.15. The monoisotopic (exact) mass is 1810 g/mol. The number of aromatic nitrogens is 3. The minimum absolute atomic E-state index is 0.0693. The number of nitrogens with zero attached hydrogens (tertiary/aromatic N) is 6. The van der Waals surface area contributed by atoms with Gasteiger partial charge in [0.05, 0.1) is 86.3 Å². The molecule has 17 nitrogen and oxygen atoms in total. The number of carbonyl (C=O) groups is 5. The van der Waals surface area contributed by atoms with E-state index >= 15 is 0 Å². The molecule has 0 saturated heterocycles. The number of halogens is 7. The normalized spacial score (nSPS) is 11.2. The molecule has 5 N–H and O–H groups in total. The van der Waals surface area contributed by atoms with E-state index in [2.05, 4.69) is 75.2 Å². The molecule has 0 bridgehead atoms. The third kappa shape index (κ3) is 26.8. The summed E-state index contributed by atoms with van der Waals surface area (Å²) in [6, 6.07) is 60.8. The van der Waals surface area contributed by atoms with E-state index in [1.54, 1.807) is 145 Å². The molecule has 13 aromatic rings. The van der Waals surface area contributed by atoms with Crippen LogP contribution in [0, 0.1) is 60.7 Å². The molecule has 0 aliphatic carbocycles. The summed E-state index contributed by atoms with van der Waals surface area (Å²) in [4.78, 5) is 82.3. The molecule has 582 valence electrons. The van der Waals surface area contributed by atoms with E-state index in [1.807, 2.05) is 72.8 Å². The molecular formula is C86H56Cl7N11O6S7. The summed E-state index contributed by atoms with van der Waals surface area (Å²) in [7, 11) is 0. The molecule has 0 spiro atoms. The number of aliphatic imine (C=N–C) groups is 2. The van der Waals surface area contributed by atoms with Gasteiger partial charge < -0.3 is 31.0 Å². The lowest BCUT2D eigenvalue weighted by atomic mass is 10.2. The molecule has 3 aromatic heterocycles. The molecule has 0 fully saturated rings. The number of terminal acetylenes is 4. The topological polar surface area (TPSA) is 246 Å². The molecule has 15 rings (SSSR count). The third-order valence-corrected chi connectivity index (χ3v) is 24.7. The molecule has 0 radical (unpaired) electrons. The van der Waals surface area contributed by atoms with Crippen LogP contribution in [-0.2, 0) is 36.8 Å². The Labute approximate surface area is 737 Å². The lowest BCUT2D eigenvalue weighted by Gasteiger charge is -2.06. The highest BCUT2D eigenvalue weighted by Crippen LogP contribution is 2.37. The van der Waals surface area contributed by atoms with Gasteiger partial charge in [-0.15, -0.1) is 71.9 Å². The van der Waals surface area contributed by atoms with Gasteiger partial charge in [-0.05, 0) is 211 Å². The zero-order chi connectivity index (χ0) is 82.9. The van der Waals surface area contributed by atoms with Crippen LogP contribution in [0.5, 0.6) is 0 Å². The molecule has 0 unspecified atom stereocenters. The van der Waals surface area contributed by atoms with Crippen LogP contribution < -0.4 is 26.6 Å². The first kappa shape index (κ1) is 87.5. The maximum Gasteiger partial charge on any atom is 0.257 e. The second kappa shape index (κ2) is 43.2. The van der Waals surface area contributed by atoms with Crippen LogP contribution in [0.3, 0.4) is 0 Å². The highest BCUT2D eigenvalue weighted by Gasteiger charge is 2.20. The van der Waals surface area contributed by atoms with Crippen molar-refractivity contribution in [3.8, 4) is 55.4 Å². The Morgan fingerprint density at radius 2 is 0.735 bits per heavy atom. The predicted octanol–water partition coefficient (Wildman–Crippen LogP) is 23.3. The number of hydrogen-bond acceptors (Lipinski definition) is 19. The number of anilines is 5. The number of carbonyl (C=O) groups excluding carboxylic acids is 5. The molecule has 2 aliphatic rings. The summed E-state index contributed by atoms with van der Waals surface area (Å²) in [5.41, 5.74) is 13.7. The average Bonchev–Trinajstić information content (AvgIpc) is 1.72. The van der Waals surface area contributed by atoms with Crippen LogP contribution in [0.15, 0.2) is 228 Å². The number of amides is 5. The molecule has 5 amide bonds. The Morgan fingerprint density at radius 3 is 1.13 bits per heavy atom. The van der Waals surface area contributed by atoms with Gasteiger partial charge in [0, 0.05) is 88.6 Å². The number of fused-ring (bicyclic) bond motifs is 5. The van der Waals surface area contributed by atoms with Crippen molar-refractivity contribution >= 4 is 274 Å². The van der Waals surface area contributed by atoms with Crippen LogP contribution in [0.1, 0.15) is 38.9 Å². The van der Waals surface area contributed by atoms with Crippen LogP contribution in [0.2, 0.25) is 35.2 Å². The van der Waals surface area contributed by atoms with Crippen molar-refractivity contribution < 1.29 is 28.4 Å². The van der Waals surface area contributed by atoms with E-state index in [9.17, 15) is 24.0 Å². The van der Waals surface area contributed by atoms with Crippen molar-refractivity contribution in [2.75, 3.05) is 55.3 Å². The van der Waals surface area contributed by atoms with Crippen LogP contribution in [0.25, 0.3) is 31.5 Å². The Bertz CT molecular complexity index is 6060. The Morgan fingerprint density at radius 1 is 0.385 bits per heavy atom. The third-order valence-electron chi connectivity index (χ3n) is 15.8. The minimum atomic E-state index is -0.168. The Hall–Kier alpha value is -10.4. The van der Waals surface area contributed by atoms with Gasteiger partial charge >= 0.3 is 0 Å². The number of nitriles is 1. The smallest absolute Gasteiger partial charge is 0.257 e. The molecule has 0 atom stereocenters. The molecular weight excluding hydrogens is 1760 g/mol. The zero-order valence-electron chi connectivity index (χ0n) is 60.4. The maximum atomic E-state index is 12.1. The maximum absolute atomic E-state index is 12.1. The Balaban J connectivity index is 0.000000144. The number of thiazole rings is 2. The molecule has 0 saturated carbocycles. The SMILES string of the molecule is C#Cc1ccc(NC(=O)CSC2=Nc3ccc(Cl)cc3C2)cc1.C#Cc1ccc(NC(=O)CSC2=Nc3ccc(Cl)cc3C2)cc1Cl.C#Cc1ccc(NC(=O)CSc2nc3cc(Cl)ccc3o2)cc1.C#Cc1ccc(NC(=O)CSc2nc3cc(Cl)ccc3s2)cc1.N#Cc1ccc(NC(=O)CSc2nc3cc(Cl)ccc3s2)cc1Cl. The first-order valence-electron chi connectivity index (χ1n) is 34.2. The number of nitrogens with one attached hydrogen (secondary N) is 5. The largest absolute Gasteiger partial charge is 0.431 e. The Kier molecular flexibility index (Phi) is 32.3. The zero-order valence-corrected chi connectivity index (χ0v) is 71.5. The van der Waals surface area contributed by atoms with E-state index < -0.39 is 0 Å². The standard InChI is InChI=1S/C18H12Cl2N2OS.C18H13ClN2OS.C17H11ClN2O2S.C17H11ClN2OS2.C16H9Cl2N3OS2/c1-2-11-3-5-14(9-15(11)20)21-17(23)10-24-18-8-12-7-13(19)4-6-16(12)22-18;1-2-12-3-6-15(7-4-12)20-17(22)11-23-18-10-13-9-14(19)5-8-16(13)21-18;1-2-11-3-6-13(7-4-11)19-16(21)10-23-17-20-14-9-12(18)5-8-15(14)22-17;1-2-11-3-6-13(7-4-11)19-16(21)10-22-17-20-14-9-12(18)5-8-15(14)23-17;17-10-2-4-14-13(5-10)21-16(24-14)23-8-15(22)20-11-3-1-9(7-19)12(18)6-11/h1,3-7,9H,8,10H2,(H,21,23);1,3-9H,10-11H2,(H,20,22);2*1,3-9H,10H2,(H,19,21);1-6H,8H2,(H,20,22). The fourth-order valence-electron chi connectivity index (χ4n) is 10.3. The average molecular weight is 1810 g/mol. The van der Waals surface area contributed by atoms with Crippen molar-refractivity contribution in [2.45, 2.75) is 26.7 Å². The molecule has 10 aromatic carbocycles. The van der Waals surface area contributed by atoms with E-state index in [-0.39, 0.29) is 46.8 Å². The van der Waals surface area contributed by atoms with Gasteiger partial charge in [-0.3, -0.25) is 24.0 Å². The van der Waals surface area contributed by atoms with Gasteiger partial charge in [0.1, 0.15) is 11.6 Å². The van der Waals surface area contributed by atoms with E-state index in [4.69, 9.17) is 117 Å². The second-order valence-electron chi connectivity index (χ2n) is 24.2. The van der Waals surface area contributed by atoms with E-state index in [1.165, 1.54) is 70.1 Å². The number of benzene rings is 10. The summed E-state index contributed by atoms with van der Waals surface area (Å²) >= 11 is 51.6. The lowest BCUT2D eigenvalue weighted by molar-refractivity contribution is -0.114. The van der Waals surface area contributed by atoms with Crippen molar-refractivity contribution in [3.05, 3.63) is 274 Å². The second-order valence-corrected chi connectivity index (χ2v) is 34.7. The predicted molar refractivity (Wildman–Crippen MR) is 492 cm³/mol.